The van der Waals surface area contributed by atoms with Crippen LogP contribution >= 0.6 is 0 Å². The number of rotatable bonds is 5. The van der Waals surface area contributed by atoms with Crippen molar-refractivity contribution in [2.24, 2.45) is 0 Å². The molecule has 2 aliphatic rings. The first-order chi connectivity index (χ1) is 14.2. The Kier molecular flexibility index (Phi) is 6.26. The van der Waals surface area contributed by atoms with Gasteiger partial charge in [0, 0.05) is 13.6 Å². The molecule has 2 fully saturated rings. The zero-order valence-corrected chi connectivity index (χ0v) is 20.3. The molecule has 2 aliphatic heterocycles. The maximum absolute atomic E-state index is 13.1. The number of hydrogen-bond acceptors (Lipinski definition) is 5. The molecule has 168 valence electrons. The van der Waals surface area contributed by atoms with Gasteiger partial charge in [-0.15, -0.1) is 0 Å². The van der Waals surface area contributed by atoms with Gasteiger partial charge in [-0.2, -0.15) is 0 Å². The lowest BCUT2D eigenvalue weighted by atomic mass is 9.57. The lowest BCUT2D eigenvalue weighted by Crippen LogP contribution is -2.41. The third-order valence-corrected chi connectivity index (χ3v) is 6.98. The Morgan fingerprint density at radius 3 is 1.58 bits per heavy atom. The van der Waals surface area contributed by atoms with Crippen molar-refractivity contribution in [3.8, 4) is 0 Å². The molecule has 0 atom stereocenters. The molecule has 0 radical (unpaired) electrons. The smallest absolute Gasteiger partial charge is 0.400 e. The molecule has 1 amide bonds. The molecule has 3 rings (SSSR count). The summed E-state index contributed by atoms with van der Waals surface area (Å²) in [5, 5.41) is 0.544. The quantitative estimate of drug-likeness (QED) is 0.528. The van der Waals surface area contributed by atoms with E-state index in [9.17, 15) is 4.79 Å². The van der Waals surface area contributed by atoms with Crippen LogP contribution in [0.1, 0.15) is 61.0 Å². The first kappa shape index (κ1) is 24.1. The zero-order chi connectivity index (χ0) is 23.2. The van der Waals surface area contributed by atoms with E-state index in [4.69, 9.17) is 18.6 Å². The molecule has 8 heteroatoms. The van der Waals surface area contributed by atoms with Crippen molar-refractivity contribution in [2.45, 2.75) is 84.3 Å². The number of amides is 1. The molecule has 0 unspecified atom stereocenters. The van der Waals surface area contributed by atoms with Gasteiger partial charge in [0.15, 0.2) is 0 Å². The molecule has 0 spiro atoms. The third kappa shape index (κ3) is 4.77. The Morgan fingerprint density at radius 1 is 0.806 bits per heavy atom. The van der Waals surface area contributed by atoms with Crippen molar-refractivity contribution in [2.75, 3.05) is 7.05 Å². The standard InChI is InChI=1S/C23H35B2NO5/c1-20(2)21(3,4)29-24(28-20)18(25-30-22(5,6)23(7,8)31-25)15-19(27)26(9)16-17-13-11-10-12-14-17/h10-15H,16H2,1-9H3. The van der Waals surface area contributed by atoms with E-state index in [1.54, 1.807) is 18.0 Å². The lowest BCUT2D eigenvalue weighted by molar-refractivity contribution is -0.125. The maximum atomic E-state index is 13.1. The number of nitrogens with zero attached hydrogens (tertiary/aromatic N) is 1. The van der Waals surface area contributed by atoms with E-state index in [0.717, 1.165) is 5.56 Å². The average molecular weight is 427 g/mol. The summed E-state index contributed by atoms with van der Waals surface area (Å²) in [6.07, 6.45) is 1.55. The fourth-order valence-corrected chi connectivity index (χ4v) is 3.39. The van der Waals surface area contributed by atoms with E-state index in [0.29, 0.717) is 11.9 Å². The molecular formula is C23H35B2NO5. The molecule has 0 aromatic heterocycles. The van der Waals surface area contributed by atoms with Gasteiger partial charge in [-0.3, -0.25) is 4.79 Å². The highest BCUT2D eigenvalue weighted by molar-refractivity contribution is 6.79. The van der Waals surface area contributed by atoms with Crippen LogP contribution in [0.25, 0.3) is 0 Å². The molecule has 2 saturated heterocycles. The van der Waals surface area contributed by atoms with Crippen molar-refractivity contribution < 1.29 is 23.4 Å². The third-order valence-electron chi connectivity index (χ3n) is 6.98. The highest BCUT2D eigenvalue weighted by Gasteiger charge is 2.59. The summed E-state index contributed by atoms with van der Waals surface area (Å²) in [6, 6.07) is 9.88. The maximum Gasteiger partial charge on any atom is 0.486 e. The van der Waals surface area contributed by atoms with E-state index < -0.39 is 36.6 Å². The van der Waals surface area contributed by atoms with Crippen molar-refractivity contribution >= 4 is 20.1 Å². The monoisotopic (exact) mass is 427 g/mol. The number of hydrogen-bond donors (Lipinski definition) is 0. The molecule has 0 saturated carbocycles. The minimum Gasteiger partial charge on any atom is -0.400 e. The first-order valence-corrected chi connectivity index (χ1v) is 10.9. The summed E-state index contributed by atoms with van der Waals surface area (Å²) in [4.78, 5) is 14.8. The van der Waals surface area contributed by atoms with Gasteiger partial charge in [0.05, 0.1) is 22.4 Å². The minimum absolute atomic E-state index is 0.164. The first-order valence-electron chi connectivity index (χ1n) is 10.9. The number of carbonyl (C=O) groups is 1. The van der Waals surface area contributed by atoms with Crippen molar-refractivity contribution in [3.63, 3.8) is 0 Å². The fourth-order valence-electron chi connectivity index (χ4n) is 3.39. The van der Waals surface area contributed by atoms with Gasteiger partial charge >= 0.3 is 14.2 Å². The molecular weight excluding hydrogens is 392 g/mol. The second-order valence-corrected chi connectivity index (χ2v) is 10.5. The Labute approximate surface area is 187 Å². The Bertz CT molecular complexity index is 781. The van der Waals surface area contributed by atoms with Crippen LogP contribution in [0.15, 0.2) is 41.8 Å². The fraction of sp³-hybridized carbons (Fsp3) is 0.609. The summed E-state index contributed by atoms with van der Waals surface area (Å²) in [5.41, 5.74) is -1.11. The molecule has 1 aromatic rings. The molecule has 31 heavy (non-hydrogen) atoms. The number of carbonyl (C=O) groups excluding carboxylic acids is 1. The normalized spacial score (nSPS) is 23.0. The number of benzene rings is 1. The molecule has 6 nitrogen and oxygen atoms in total. The highest BCUT2D eigenvalue weighted by atomic mass is 16.7. The van der Waals surface area contributed by atoms with E-state index in [2.05, 4.69) is 0 Å². The van der Waals surface area contributed by atoms with Crippen molar-refractivity contribution in [3.05, 3.63) is 47.3 Å². The van der Waals surface area contributed by atoms with E-state index >= 15 is 0 Å². The minimum atomic E-state index is -0.742. The summed E-state index contributed by atoms with van der Waals surface area (Å²) >= 11 is 0. The van der Waals surface area contributed by atoms with Crippen molar-refractivity contribution in [1.29, 1.82) is 0 Å². The molecule has 1 aromatic carbocycles. The predicted octanol–water partition coefficient (Wildman–Crippen LogP) is 3.83. The Morgan fingerprint density at radius 2 is 1.19 bits per heavy atom. The summed E-state index contributed by atoms with van der Waals surface area (Å²) in [5.74, 6) is -0.164. The van der Waals surface area contributed by atoms with Gasteiger partial charge in [0.2, 0.25) is 5.91 Å². The summed E-state index contributed by atoms with van der Waals surface area (Å²) in [7, 11) is 0.292. The second kappa shape index (κ2) is 8.07. The van der Waals surface area contributed by atoms with Crippen LogP contribution < -0.4 is 0 Å². The van der Waals surface area contributed by atoms with Gasteiger partial charge in [0.1, 0.15) is 0 Å². The summed E-state index contributed by atoms with van der Waals surface area (Å²) in [6.45, 7) is 16.4. The SMILES string of the molecule is CN(Cc1ccccc1)C(=O)C=C(B1OC(C)(C)C(C)(C)O1)B1OC(C)(C)C(C)(C)O1. The van der Waals surface area contributed by atoms with Crippen LogP contribution in [0.5, 0.6) is 0 Å². The van der Waals surface area contributed by atoms with Crippen LogP contribution in [0.4, 0.5) is 0 Å². The van der Waals surface area contributed by atoms with Crippen LogP contribution in [0.3, 0.4) is 0 Å². The van der Waals surface area contributed by atoms with Crippen LogP contribution in [-0.4, -0.2) is 54.5 Å². The van der Waals surface area contributed by atoms with Gasteiger partial charge in [-0.05, 0) is 72.4 Å². The van der Waals surface area contributed by atoms with Crippen LogP contribution in [-0.2, 0) is 30.0 Å². The topological polar surface area (TPSA) is 57.2 Å². The number of likely N-dealkylation sites (N-methyl/N-ethyl adjacent to an activating group) is 1. The van der Waals surface area contributed by atoms with Gasteiger partial charge in [-0.25, -0.2) is 0 Å². The van der Waals surface area contributed by atoms with Gasteiger partial charge in [0.25, 0.3) is 0 Å². The predicted molar refractivity (Wildman–Crippen MR) is 123 cm³/mol. The molecule has 2 heterocycles. The van der Waals surface area contributed by atoms with Crippen molar-refractivity contribution in [1.82, 2.24) is 4.90 Å². The average Bonchev–Trinajstić information content (AvgIpc) is 2.99. The molecule has 0 bridgehead atoms. The van der Waals surface area contributed by atoms with Gasteiger partial charge in [-0.1, -0.05) is 30.3 Å². The van der Waals surface area contributed by atoms with E-state index in [1.165, 1.54) is 0 Å². The zero-order valence-electron chi connectivity index (χ0n) is 20.3. The molecule has 0 aliphatic carbocycles. The Hall–Kier alpha value is -1.60. The second-order valence-electron chi connectivity index (χ2n) is 10.5. The highest BCUT2D eigenvalue weighted by Crippen LogP contribution is 2.43. The van der Waals surface area contributed by atoms with E-state index in [-0.39, 0.29) is 5.91 Å². The van der Waals surface area contributed by atoms with Crippen LogP contribution in [0.2, 0.25) is 0 Å². The van der Waals surface area contributed by atoms with Crippen LogP contribution in [0, 0.1) is 0 Å². The lowest BCUT2D eigenvalue weighted by Gasteiger charge is -2.32. The van der Waals surface area contributed by atoms with Gasteiger partial charge < -0.3 is 23.5 Å². The molecule has 0 N–H and O–H groups in total. The summed E-state index contributed by atoms with van der Waals surface area (Å²) < 4.78 is 25.0. The largest absolute Gasteiger partial charge is 0.486 e. The van der Waals surface area contributed by atoms with E-state index in [1.807, 2.05) is 85.7 Å². The Balaban J connectivity index is 1.90.